The lowest BCUT2D eigenvalue weighted by Crippen LogP contribution is -2.47. The van der Waals surface area contributed by atoms with Crippen LogP contribution in [0.5, 0.6) is 0 Å². The van der Waals surface area contributed by atoms with Gasteiger partial charge in [0.25, 0.3) is 0 Å². The summed E-state index contributed by atoms with van der Waals surface area (Å²) < 4.78 is 27.8. The molecule has 0 bridgehead atoms. The van der Waals surface area contributed by atoms with E-state index in [9.17, 15) is 13.6 Å². The van der Waals surface area contributed by atoms with Gasteiger partial charge in [-0.2, -0.15) is 5.10 Å². The molecule has 0 saturated heterocycles. The molecule has 2 fully saturated rings. The molecule has 0 spiro atoms. The lowest BCUT2D eigenvalue weighted by atomic mass is 9.80. The van der Waals surface area contributed by atoms with E-state index in [0.717, 1.165) is 19.6 Å². The number of aromatic nitrogens is 2. The van der Waals surface area contributed by atoms with E-state index in [-0.39, 0.29) is 24.7 Å². The molecule has 1 aromatic rings. The van der Waals surface area contributed by atoms with E-state index in [4.69, 9.17) is 0 Å². The van der Waals surface area contributed by atoms with E-state index in [1.165, 1.54) is 25.0 Å². The molecule has 1 unspecified atom stereocenters. The Bertz CT molecular complexity index is 605. The fraction of sp³-hybridized carbons (Fsp3) is 0.765. The SMILES string of the molecule is O=C(NCC1CN(C2CCC2)Cc2ccnn2C1)C1CC(F)(F)C1. The quantitative estimate of drug-likeness (QED) is 0.914. The molecular weight excluding hydrogens is 314 g/mol. The number of fused-ring (bicyclic) bond motifs is 1. The van der Waals surface area contributed by atoms with Gasteiger partial charge in [0.15, 0.2) is 0 Å². The number of carbonyl (C=O) groups is 1. The molecule has 5 nitrogen and oxygen atoms in total. The Morgan fingerprint density at radius 3 is 2.79 bits per heavy atom. The van der Waals surface area contributed by atoms with Crippen LogP contribution in [0, 0.1) is 11.8 Å². The monoisotopic (exact) mass is 338 g/mol. The highest BCUT2D eigenvalue weighted by Crippen LogP contribution is 2.42. The number of amides is 1. The molecule has 0 aromatic carbocycles. The van der Waals surface area contributed by atoms with Gasteiger partial charge in [-0.05, 0) is 18.9 Å². The van der Waals surface area contributed by atoms with Crippen LogP contribution in [0.1, 0.15) is 37.8 Å². The van der Waals surface area contributed by atoms with Crippen LogP contribution in [0.3, 0.4) is 0 Å². The van der Waals surface area contributed by atoms with Crippen molar-refractivity contribution in [3.05, 3.63) is 18.0 Å². The Kier molecular flexibility index (Phi) is 4.06. The van der Waals surface area contributed by atoms with Gasteiger partial charge >= 0.3 is 0 Å². The number of nitrogens with one attached hydrogen (secondary N) is 1. The van der Waals surface area contributed by atoms with Gasteiger partial charge in [0.05, 0.1) is 5.69 Å². The van der Waals surface area contributed by atoms with Crippen LogP contribution in [0.25, 0.3) is 0 Å². The molecule has 132 valence electrons. The first kappa shape index (κ1) is 16.0. The smallest absolute Gasteiger partial charge is 0.249 e. The Morgan fingerprint density at radius 1 is 1.33 bits per heavy atom. The molecule has 1 N–H and O–H groups in total. The Morgan fingerprint density at radius 2 is 2.12 bits per heavy atom. The second-order valence-electron chi connectivity index (χ2n) is 7.59. The summed E-state index contributed by atoms with van der Waals surface area (Å²) in [6.45, 7) is 3.13. The molecule has 0 radical (unpaired) electrons. The molecule has 7 heteroatoms. The molecule has 1 aromatic heterocycles. The van der Waals surface area contributed by atoms with Crippen LogP contribution in [0.4, 0.5) is 8.78 Å². The van der Waals surface area contributed by atoms with Crippen LogP contribution in [0.2, 0.25) is 0 Å². The summed E-state index contributed by atoms with van der Waals surface area (Å²) in [4.78, 5) is 14.5. The van der Waals surface area contributed by atoms with Crippen molar-refractivity contribution >= 4 is 5.91 Å². The third kappa shape index (κ3) is 3.18. The van der Waals surface area contributed by atoms with Gasteiger partial charge in [0, 0.05) is 63.1 Å². The number of hydrogen-bond donors (Lipinski definition) is 1. The highest BCUT2D eigenvalue weighted by atomic mass is 19.3. The van der Waals surface area contributed by atoms with E-state index in [0.29, 0.717) is 12.6 Å². The average molecular weight is 338 g/mol. The molecule has 1 atom stereocenters. The third-order valence-electron chi connectivity index (χ3n) is 5.71. The summed E-state index contributed by atoms with van der Waals surface area (Å²) in [5.74, 6) is -3.12. The van der Waals surface area contributed by atoms with Crippen molar-refractivity contribution in [3.8, 4) is 0 Å². The molecule has 3 aliphatic rings. The minimum atomic E-state index is -2.64. The van der Waals surface area contributed by atoms with Gasteiger partial charge in [0.2, 0.25) is 11.8 Å². The molecule has 24 heavy (non-hydrogen) atoms. The summed E-state index contributed by atoms with van der Waals surface area (Å²) in [6.07, 6.45) is 4.99. The number of rotatable bonds is 4. The second kappa shape index (κ2) is 6.10. The van der Waals surface area contributed by atoms with Gasteiger partial charge < -0.3 is 5.32 Å². The highest BCUT2D eigenvalue weighted by Gasteiger charge is 2.48. The number of alkyl halides is 2. The number of hydrogen-bond acceptors (Lipinski definition) is 3. The van der Waals surface area contributed by atoms with Crippen molar-refractivity contribution in [1.82, 2.24) is 20.0 Å². The van der Waals surface area contributed by atoms with Crippen LogP contribution < -0.4 is 5.32 Å². The van der Waals surface area contributed by atoms with E-state index in [1.54, 1.807) is 0 Å². The van der Waals surface area contributed by atoms with Crippen molar-refractivity contribution < 1.29 is 13.6 Å². The van der Waals surface area contributed by atoms with Gasteiger partial charge in [-0.3, -0.25) is 14.4 Å². The molecule has 2 aliphatic carbocycles. The molecular formula is C17H24F2N4O. The van der Waals surface area contributed by atoms with Crippen LogP contribution in [-0.4, -0.2) is 45.6 Å². The van der Waals surface area contributed by atoms with E-state index in [1.807, 2.05) is 10.9 Å². The Hall–Kier alpha value is -1.50. The molecule has 1 aliphatic heterocycles. The maximum Gasteiger partial charge on any atom is 0.249 e. The molecule has 4 rings (SSSR count). The summed E-state index contributed by atoms with van der Waals surface area (Å²) >= 11 is 0. The van der Waals surface area contributed by atoms with Crippen LogP contribution >= 0.6 is 0 Å². The predicted octanol–water partition coefficient (Wildman–Crippen LogP) is 2.03. The second-order valence-corrected chi connectivity index (χ2v) is 7.59. The summed E-state index contributed by atoms with van der Waals surface area (Å²) in [7, 11) is 0. The minimum Gasteiger partial charge on any atom is -0.355 e. The zero-order valence-electron chi connectivity index (χ0n) is 13.8. The first-order valence-electron chi connectivity index (χ1n) is 8.90. The third-order valence-corrected chi connectivity index (χ3v) is 5.71. The lowest BCUT2D eigenvalue weighted by molar-refractivity contribution is -0.150. The first-order valence-corrected chi connectivity index (χ1v) is 8.90. The largest absolute Gasteiger partial charge is 0.355 e. The van der Waals surface area contributed by atoms with Crippen LogP contribution in [0.15, 0.2) is 12.3 Å². The minimum absolute atomic E-state index is 0.221. The predicted molar refractivity (Wildman–Crippen MR) is 84.4 cm³/mol. The summed E-state index contributed by atoms with van der Waals surface area (Å²) in [6, 6.07) is 2.69. The standard InChI is InChI=1S/C17H24F2N4O/c18-17(19)6-13(7-17)16(24)20-8-12-9-22(14-2-1-3-14)11-15-4-5-21-23(15)10-12/h4-5,12-14H,1-3,6-11H2,(H,20,24). The fourth-order valence-electron chi connectivity index (χ4n) is 3.96. The van der Waals surface area contributed by atoms with E-state index >= 15 is 0 Å². The number of nitrogens with zero attached hydrogens (tertiary/aromatic N) is 3. The molecule has 2 saturated carbocycles. The van der Waals surface area contributed by atoms with Gasteiger partial charge in [-0.25, -0.2) is 8.78 Å². The normalized spacial score (nSPS) is 27.7. The Labute approximate surface area is 140 Å². The highest BCUT2D eigenvalue weighted by molar-refractivity contribution is 5.79. The number of carbonyl (C=O) groups excluding carboxylic acids is 1. The summed E-state index contributed by atoms with van der Waals surface area (Å²) in [5, 5.41) is 7.29. The van der Waals surface area contributed by atoms with Gasteiger partial charge in [-0.1, -0.05) is 6.42 Å². The molecule has 2 heterocycles. The zero-order valence-corrected chi connectivity index (χ0v) is 13.8. The van der Waals surface area contributed by atoms with Crippen LogP contribution in [-0.2, 0) is 17.9 Å². The topological polar surface area (TPSA) is 50.2 Å². The van der Waals surface area contributed by atoms with Crippen molar-refractivity contribution in [1.29, 1.82) is 0 Å². The van der Waals surface area contributed by atoms with E-state index < -0.39 is 11.8 Å². The zero-order chi connectivity index (χ0) is 16.7. The number of halogens is 2. The van der Waals surface area contributed by atoms with Crippen molar-refractivity contribution in [3.63, 3.8) is 0 Å². The first-order chi connectivity index (χ1) is 11.5. The van der Waals surface area contributed by atoms with E-state index in [2.05, 4.69) is 21.4 Å². The maximum atomic E-state index is 12.9. The Balaban J connectivity index is 1.36. The lowest BCUT2D eigenvalue weighted by Gasteiger charge is -2.38. The van der Waals surface area contributed by atoms with Gasteiger partial charge in [-0.15, -0.1) is 0 Å². The summed E-state index contributed by atoms with van der Waals surface area (Å²) in [5.41, 5.74) is 1.22. The van der Waals surface area contributed by atoms with Gasteiger partial charge in [0.1, 0.15) is 0 Å². The van der Waals surface area contributed by atoms with Crippen molar-refractivity contribution in [2.24, 2.45) is 11.8 Å². The van der Waals surface area contributed by atoms with Crippen molar-refractivity contribution in [2.75, 3.05) is 13.1 Å². The fourth-order valence-corrected chi connectivity index (χ4v) is 3.96. The molecule has 1 amide bonds. The maximum absolute atomic E-state index is 12.9. The average Bonchev–Trinajstić information content (AvgIpc) is 2.80. The van der Waals surface area contributed by atoms with Crippen molar-refractivity contribution in [2.45, 2.75) is 57.2 Å².